The monoisotopic (exact) mass is 247 g/mol. The van der Waals surface area contributed by atoms with Crippen molar-refractivity contribution in [2.45, 2.75) is 58.0 Å². The van der Waals surface area contributed by atoms with E-state index in [0.29, 0.717) is 0 Å². The van der Waals surface area contributed by atoms with Gasteiger partial charge in [-0.05, 0) is 25.1 Å². The molecule has 0 saturated heterocycles. The van der Waals surface area contributed by atoms with Crippen molar-refractivity contribution in [3.8, 4) is 0 Å². The summed E-state index contributed by atoms with van der Waals surface area (Å²) in [4.78, 5) is 11.3. The van der Waals surface area contributed by atoms with Crippen LogP contribution in [-0.4, -0.2) is 33.5 Å². The molecule has 0 aromatic rings. The van der Waals surface area contributed by atoms with Crippen LogP contribution in [0.1, 0.15) is 27.7 Å². The van der Waals surface area contributed by atoms with Gasteiger partial charge in [0, 0.05) is 0 Å². The molecule has 0 fully saturated rings. The average Bonchev–Trinajstić information content (AvgIpc) is 2.12. The van der Waals surface area contributed by atoms with Crippen LogP contribution in [0.15, 0.2) is 0 Å². The van der Waals surface area contributed by atoms with Crippen molar-refractivity contribution in [1.82, 2.24) is 0 Å². The van der Waals surface area contributed by atoms with E-state index in [1.165, 1.54) is 7.11 Å². The SMILES string of the molecule is COC(=O)[C@@H](N)[C@@H](C)O[Si](C)(C)C(C)(C)C. The Hall–Kier alpha value is -0.393. The maximum atomic E-state index is 11.3. The van der Waals surface area contributed by atoms with Gasteiger partial charge in [0.1, 0.15) is 6.04 Å². The number of carbonyl (C=O) groups excluding carboxylic acids is 1. The number of carbonyl (C=O) groups is 1. The molecule has 0 radical (unpaired) electrons. The highest BCUT2D eigenvalue weighted by Gasteiger charge is 2.40. The molecule has 0 aromatic heterocycles. The average molecular weight is 247 g/mol. The summed E-state index contributed by atoms with van der Waals surface area (Å²) >= 11 is 0. The van der Waals surface area contributed by atoms with Crippen molar-refractivity contribution in [2.75, 3.05) is 7.11 Å². The fourth-order valence-corrected chi connectivity index (χ4v) is 2.47. The van der Waals surface area contributed by atoms with Gasteiger partial charge in [0.05, 0.1) is 13.2 Å². The van der Waals surface area contributed by atoms with Gasteiger partial charge in [0.2, 0.25) is 0 Å². The van der Waals surface area contributed by atoms with Crippen LogP contribution in [-0.2, 0) is 14.0 Å². The molecule has 5 heteroatoms. The Morgan fingerprint density at radius 1 is 1.31 bits per heavy atom. The molecule has 2 N–H and O–H groups in total. The summed E-state index contributed by atoms with van der Waals surface area (Å²) in [5, 5.41) is 0.108. The second kappa shape index (κ2) is 5.29. The molecule has 0 bridgehead atoms. The van der Waals surface area contributed by atoms with Crippen LogP contribution in [0.5, 0.6) is 0 Å². The van der Waals surface area contributed by atoms with Gasteiger partial charge in [-0.3, -0.25) is 4.79 Å². The Balaban J connectivity index is 4.56. The summed E-state index contributed by atoms with van der Waals surface area (Å²) in [6, 6.07) is -0.709. The van der Waals surface area contributed by atoms with Gasteiger partial charge in [-0.2, -0.15) is 0 Å². The van der Waals surface area contributed by atoms with Crippen molar-refractivity contribution in [1.29, 1.82) is 0 Å². The first kappa shape index (κ1) is 15.6. The molecule has 0 heterocycles. The zero-order valence-electron chi connectivity index (χ0n) is 11.5. The van der Waals surface area contributed by atoms with Gasteiger partial charge < -0.3 is 14.9 Å². The molecule has 0 aromatic carbocycles. The number of esters is 1. The van der Waals surface area contributed by atoms with Crippen molar-refractivity contribution in [2.24, 2.45) is 5.73 Å². The highest BCUT2D eigenvalue weighted by Crippen LogP contribution is 2.37. The maximum absolute atomic E-state index is 11.3. The third kappa shape index (κ3) is 3.88. The molecule has 0 aliphatic rings. The topological polar surface area (TPSA) is 61.5 Å². The van der Waals surface area contributed by atoms with Crippen LogP contribution in [0, 0.1) is 0 Å². The number of methoxy groups -OCH3 is 1. The highest BCUT2D eigenvalue weighted by atomic mass is 28.4. The third-order valence-electron chi connectivity index (χ3n) is 3.27. The summed E-state index contributed by atoms with van der Waals surface area (Å²) in [5.41, 5.74) is 5.74. The summed E-state index contributed by atoms with van der Waals surface area (Å²) in [7, 11) is -0.543. The summed E-state index contributed by atoms with van der Waals surface area (Å²) in [6.07, 6.45) is -0.312. The fraction of sp³-hybridized carbons (Fsp3) is 0.909. The van der Waals surface area contributed by atoms with Crippen molar-refractivity contribution in [3.05, 3.63) is 0 Å². The number of hydrogen-bond donors (Lipinski definition) is 1. The molecule has 0 spiro atoms. The Kier molecular flexibility index (Phi) is 5.16. The third-order valence-corrected chi connectivity index (χ3v) is 7.84. The zero-order valence-corrected chi connectivity index (χ0v) is 12.5. The lowest BCUT2D eigenvalue weighted by molar-refractivity contribution is -0.144. The van der Waals surface area contributed by atoms with E-state index in [-0.39, 0.29) is 11.1 Å². The molecule has 0 unspecified atom stereocenters. The summed E-state index contributed by atoms with van der Waals surface area (Å²) in [6.45, 7) is 12.5. The van der Waals surface area contributed by atoms with Gasteiger partial charge in [0.25, 0.3) is 0 Å². The molecule has 4 nitrogen and oxygen atoms in total. The van der Waals surface area contributed by atoms with Gasteiger partial charge in [-0.1, -0.05) is 20.8 Å². The van der Waals surface area contributed by atoms with E-state index in [0.717, 1.165) is 0 Å². The number of hydrogen-bond acceptors (Lipinski definition) is 4. The summed E-state index contributed by atoms with van der Waals surface area (Å²) < 4.78 is 10.6. The Bertz CT molecular complexity index is 248. The fourth-order valence-electron chi connectivity index (χ4n) is 1.04. The molecule has 0 saturated carbocycles. The van der Waals surface area contributed by atoms with Crippen molar-refractivity contribution < 1.29 is 14.0 Å². The van der Waals surface area contributed by atoms with E-state index in [9.17, 15) is 4.79 Å². The first-order valence-electron chi connectivity index (χ1n) is 5.54. The minimum Gasteiger partial charge on any atom is -0.468 e. The second-order valence-corrected chi connectivity index (χ2v) is 10.4. The lowest BCUT2D eigenvalue weighted by atomic mass is 10.2. The van der Waals surface area contributed by atoms with Crippen molar-refractivity contribution >= 4 is 14.3 Å². The van der Waals surface area contributed by atoms with Gasteiger partial charge >= 0.3 is 5.97 Å². The lowest BCUT2D eigenvalue weighted by Gasteiger charge is -2.39. The maximum Gasteiger partial charge on any atom is 0.325 e. The number of rotatable bonds is 4. The van der Waals surface area contributed by atoms with Crippen molar-refractivity contribution in [3.63, 3.8) is 0 Å². The first-order chi connectivity index (χ1) is 7.03. The van der Waals surface area contributed by atoms with Gasteiger partial charge in [-0.25, -0.2) is 0 Å². The molecule has 0 aliphatic heterocycles. The molecule has 96 valence electrons. The number of nitrogens with two attached hydrogens (primary N) is 1. The summed E-state index contributed by atoms with van der Waals surface area (Å²) in [5.74, 6) is -0.425. The van der Waals surface area contributed by atoms with Crippen LogP contribution in [0.3, 0.4) is 0 Å². The quantitative estimate of drug-likeness (QED) is 0.609. The molecule has 16 heavy (non-hydrogen) atoms. The Labute approximate surface area is 99.6 Å². The molecule has 0 aliphatic carbocycles. The molecular formula is C11H25NO3Si. The molecule has 2 atom stereocenters. The zero-order chi connectivity index (χ0) is 13.1. The first-order valence-corrected chi connectivity index (χ1v) is 8.45. The van der Waals surface area contributed by atoms with Crippen LogP contribution < -0.4 is 5.73 Å². The normalized spacial score (nSPS) is 16.8. The Morgan fingerprint density at radius 2 is 1.75 bits per heavy atom. The molecule has 0 amide bonds. The molecule has 0 rings (SSSR count). The Morgan fingerprint density at radius 3 is 2.06 bits per heavy atom. The lowest BCUT2D eigenvalue weighted by Crippen LogP contribution is -2.50. The highest BCUT2D eigenvalue weighted by molar-refractivity contribution is 6.74. The molecular weight excluding hydrogens is 222 g/mol. The van der Waals surface area contributed by atoms with E-state index >= 15 is 0 Å². The van der Waals surface area contributed by atoms with Crippen LogP contribution >= 0.6 is 0 Å². The standard InChI is InChI=1S/C11H25NO3Si/c1-8(9(12)10(13)14-5)15-16(6,7)11(2,3)4/h8-9H,12H2,1-7H3/t8-,9+/m1/s1. The van der Waals surface area contributed by atoms with E-state index < -0.39 is 20.3 Å². The van der Waals surface area contributed by atoms with E-state index in [1.54, 1.807) is 0 Å². The van der Waals surface area contributed by atoms with Crippen LogP contribution in [0.25, 0.3) is 0 Å². The van der Waals surface area contributed by atoms with Gasteiger partial charge in [0.15, 0.2) is 8.32 Å². The largest absolute Gasteiger partial charge is 0.468 e. The van der Waals surface area contributed by atoms with Gasteiger partial charge in [-0.15, -0.1) is 0 Å². The van der Waals surface area contributed by atoms with Crippen LogP contribution in [0.4, 0.5) is 0 Å². The minimum atomic E-state index is -1.88. The van der Waals surface area contributed by atoms with E-state index in [2.05, 4.69) is 38.6 Å². The minimum absolute atomic E-state index is 0.108. The predicted molar refractivity (Wildman–Crippen MR) is 67.7 cm³/mol. The van der Waals surface area contributed by atoms with E-state index in [1.807, 2.05) is 6.92 Å². The second-order valence-electron chi connectivity index (χ2n) is 5.63. The number of ether oxygens (including phenoxy) is 1. The van der Waals surface area contributed by atoms with Crippen LogP contribution in [0.2, 0.25) is 18.1 Å². The predicted octanol–water partition coefficient (Wildman–Crippen LogP) is 1.90. The smallest absolute Gasteiger partial charge is 0.325 e. The van der Waals surface area contributed by atoms with E-state index in [4.69, 9.17) is 10.2 Å².